The first-order chi connectivity index (χ1) is 1.41. The predicted molar refractivity (Wildman–Crippen MR) is 10.2 cm³/mol. The smallest absolute Gasteiger partial charge is 1.00 e. The minimum absolute atomic E-state index is 0. The summed E-state index contributed by atoms with van der Waals surface area (Å²) >= 11 is 0. The van der Waals surface area contributed by atoms with Gasteiger partial charge in [0.05, 0.1) is 0 Å². The molecule has 2 N–H and O–H groups in total. The van der Waals surface area contributed by atoms with Gasteiger partial charge in [-0.05, 0) is 0 Å². The van der Waals surface area contributed by atoms with Crippen LogP contribution in [0.2, 0.25) is 0 Å². The van der Waals surface area contributed by atoms with Crippen LogP contribution in [-0.2, 0) is 0 Å². The second-order valence-corrected chi connectivity index (χ2v) is 0.115. The zero-order chi connectivity index (χ0) is 2.71. The van der Waals surface area contributed by atoms with Crippen molar-refractivity contribution in [3.63, 3.8) is 0 Å². The van der Waals surface area contributed by atoms with Crippen LogP contribution in [0.3, 0.4) is 0 Å². The molecule has 0 aromatic rings. The van der Waals surface area contributed by atoms with Crippen molar-refractivity contribution in [3.8, 4) is 0 Å². The van der Waals surface area contributed by atoms with Gasteiger partial charge in [0.1, 0.15) is 0 Å². The van der Waals surface area contributed by atoms with E-state index >= 15 is 0 Å². The Bertz CT molecular complexity index is 20.1. The zero-order valence-electron chi connectivity index (χ0n) is 6.98. The molecule has 0 unspecified atom stereocenters. The minimum Gasteiger partial charge on any atom is -1.00 e. The van der Waals surface area contributed by atoms with Crippen molar-refractivity contribution in [1.29, 1.82) is 0 Å². The monoisotopic (exact) mass is 149 g/mol. The van der Waals surface area contributed by atoms with E-state index in [9.17, 15) is 0 Å². The molecular formula is H2BF4Li4O2. The number of hydrogen-bond acceptors (Lipinski definition) is 2. The average Bonchev–Trinajstić information content (AvgIpc) is 0.918. The molecule has 0 bridgehead atoms. The molecule has 11 heavy (non-hydrogen) atoms. The third-order valence-corrected chi connectivity index (χ3v) is 0. The summed E-state index contributed by atoms with van der Waals surface area (Å²) < 4.78 is 0. The van der Waals surface area contributed by atoms with E-state index in [0.29, 0.717) is 0 Å². The maximum absolute atomic E-state index is 7.00. The molecule has 0 aliphatic heterocycles. The van der Waals surface area contributed by atoms with Crippen LogP contribution in [0.15, 0.2) is 0 Å². The summed E-state index contributed by atoms with van der Waals surface area (Å²) in [6.45, 7) is 0. The van der Waals surface area contributed by atoms with Gasteiger partial charge >= 0.3 is 83.1 Å². The summed E-state index contributed by atoms with van der Waals surface area (Å²) in [4.78, 5) is 0. The van der Waals surface area contributed by atoms with E-state index in [1.807, 2.05) is 0 Å². The van der Waals surface area contributed by atoms with Crippen molar-refractivity contribution >= 4 is 7.69 Å². The van der Waals surface area contributed by atoms with Gasteiger partial charge in [0.2, 0.25) is 0 Å². The minimum atomic E-state index is 0. The molecule has 0 aliphatic rings. The summed E-state index contributed by atoms with van der Waals surface area (Å²) in [5.74, 6) is 0. The molecule has 0 atom stereocenters. The van der Waals surface area contributed by atoms with Gasteiger partial charge in [0.15, 0.2) is 0 Å². The van der Waals surface area contributed by atoms with E-state index in [0.717, 1.165) is 0 Å². The van der Waals surface area contributed by atoms with Crippen molar-refractivity contribution in [2.24, 2.45) is 0 Å². The van der Waals surface area contributed by atoms with Gasteiger partial charge in [-0.3, -0.25) is 0 Å². The first kappa shape index (κ1) is 114. The summed E-state index contributed by atoms with van der Waals surface area (Å²) in [5.41, 5.74) is 0. The van der Waals surface area contributed by atoms with Crippen LogP contribution in [0.5, 0.6) is 0 Å². The van der Waals surface area contributed by atoms with E-state index in [1.54, 1.807) is 0 Å². The molecule has 0 fully saturated rings. The van der Waals surface area contributed by atoms with E-state index in [-0.39, 0.29) is 102 Å². The van der Waals surface area contributed by atoms with Crippen LogP contribution in [0.25, 0.3) is 0 Å². The summed E-state index contributed by atoms with van der Waals surface area (Å²) in [6.07, 6.45) is 0. The Balaban J connectivity index is -0.000000000714. The molecule has 0 spiro atoms. The Morgan fingerprint density at radius 3 is 0.545 bits per heavy atom. The van der Waals surface area contributed by atoms with Gasteiger partial charge in [-0.2, -0.15) is 0 Å². The fraction of sp³-hybridized carbons (Fsp3) is 0. The SMILES string of the molecule is O[B]O.[F-].[F-].[F-].[F-].[Li+].[Li+].[Li+].[Li+]. The third-order valence-electron chi connectivity index (χ3n) is 0. The summed E-state index contributed by atoms with van der Waals surface area (Å²) in [7, 11) is 0. The van der Waals surface area contributed by atoms with Crippen LogP contribution in [0.1, 0.15) is 0 Å². The van der Waals surface area contributed by atoms with Crippen LogP contribution in [-0.4, -0.2) is 17.7 Å². The first-order valence-corrected chi connectivity index (χ1v) is 0.516. The Morgan fingerprint density at radius 1 is 0.545 bits per heavy atom. The van der Waals surface area contributed by atoms with Crippen molar-refractivity contribution in [2.75, 3.05) is 0 Å². The fourth-order valence-corrected chi connectivity index (χ4v) is 0. The summed E-state index contributed by atoms with van der Waals surface area (Å²) in [6, 6.07) is 0. The Morgan fingerprint density at radius 2 is 0.545 bits per heavy atom. The van der Waals surface area contributed by atoms with Gasteiger partial charge in [-0.15, -0.1) is 0 Å². The van der Waals surface area contributed by atoms with E-state index < -0.39 is 0 Å². The standard InChI is InChI=1S/BH2O2.4FH.4Li/c2-1-3;;;;;;;;/h2-3H;4*1H;;;;/q;;;;;4*+1/p-4. The molecule has 0 aliphatic carbocycles. The van der Waals surface area contributed by atoms with E-state index in [1.165, 1.54) is 0 Å². The molecular weight excluding hydrogens is 147 g/mol. The van der Waals surface area contributed by atoms with E-state index in [4.69, 9.17) is 10.0 Å². The normalized spacial score (nSPS) is 1.27. The van der Waals surface area contributed by atoms with Crippen LogP contribution < -0.4 is 94.3 Å². The second kappa shape index (κ2) is 155. The van der Waals surface area contributed by atoms with Crippen LogP contribution >= 0.6 is 0 Å². The summed E-state index contributed by atoms with van der Waals surface area (Å²) in [5, 5.41) is 14.0. The zero-order valence-corrected chi connectivity index (χ0v) is 6.98. The molecule has 1 radical (unpaired) electrons. The van der Waals surface area contributed by atoms with Crippen molar-refractivity contribution < 1.29 is 104 Å². The Kier molecular flexibility index (Phi) is 1610. The van der Waals surface area contributed by atoms with Gasteiger partial charge in [0.25, 0.3) is 0 Å². The van der Waals surface area contributed by atoms with Crippen molar-refractivity contribution in [3.05, 3.63) is 0 Å². The number of halogens is 4. The van der Waals surface area contributed by atoms with Crippen LogP contribution in [0.4, 0.5) is 0 Å². The molecule has 2 nitrogen and oxygen atoms in total. The Labute approximate surface area is 111 Å². The van der Waals surface area contributed by atoms with E-state index in [2.05, 4.69) is 0 Å². The molecule has 0 saturated carbocycles. The van der Waals surface area contributed by atoms with Crippen molar-refractivity contribution in [1.82, 2.24) is 0 Å². The van der Waals surface area contributed by atoms with Gasteiger partial charge < -0.3 is 28.9 Å². The van der Waals surface area contributed by atoms with Gasteiger partial charge in [-0.1, -0.05) is 0 Å². The van der Waals surface area contributed by atoms with Crippen LogP contribution in [0, 0.1) is 0 Å². The van der Waals surface area contributed by atoms with Crippen molar-refractivity contribution in [2.45, 2.75) is 0 Å². The maximum atomic E-state index is 7.00. The maximum Gasteiger partial charge on any atom is 1.00 e. The number of hydrogen-bond donors (Lipinski definition) is 2. The molecule has 0 heterocycles. The topological polar surface area (TPSA) is 40.5 Å². The second-order valence-electron chi connectivity index (χ2n) is 0.115. The molecule has 0 aromatic carbocycles. The predicted octanol–water partition coefficient (Wildman–Crippen LogP) is -25.5. The average molecular weight is 149 g/mol. The molecule has 0 amide bonds. The number of rotatable bonds is 0. The molecule has 49 valence electrons. The van der Waals surface area contributed by atoms with Gasteiger partial charge in [0, 0.05) is 0 Å². The quantitative estimate of drug-likeness (QED) is 0.265. The molecule has 0 saturated heterocycles. The molecule has 0 aromatic heterocycles. The molecule has 11 heteroatoms. The molecule has 0 rings (SSSR count). The third kappa shape index (κ3) is 281. The first-order valence-electron chi connectivity index (χ1n) is 0.516. The fourth-order valence-electron chi connectivity index (χ4n) is 0. The largest absolute Gasteiger partial charge is 1.00 e. The van der Waals surface area contributed by atoms with Gasteiger partial charge in [-0.25, -0.2) is 0 Å². The Hall–Kier alpha value is 2.09.